The molecule has 1 aliphatic rings. The first kappa shape index (κ1) is 13.2. The Labute approximate surface area is 116 Å². The number of rotatable bonds is 1. The zero-order valence-electron chi connectivity index (χ0n) is 10.1. The van der Waals surface area contributed by atoms with E-state index in [9.17, 15) is 4.79 Å². The standard InChI is InChI=1S/C12H13Cl2N3O/c1-7-6-17(16-12(7)15-8(2)18)9-3-4-10(13)11(14)5-9/h3-5,7H,6H2,1-2H3,(H,15,16,18). The van der Waals surface area contributed by atoms with E-state index >= 15 is 0 Å². The molecule has 1 unspecified atom stereocenters. The number of benzene rings is 1. The first-order valence-corrected chi connectivity index (χ1v) is 6.31. The van der Waals surface area contributed by atoms with E-state index < -0.39 is 0 Å². The second-order valence-corrected chi connectivity index (χ2v) is 5.06. The second kappa shape index (κ2) is 5.16. The van der Waals surface area contributed by atoms with Gasteiger partial charge >= 0.3 is 0 Å². The molecule has 2 rings (SSSR count). The molecule has 0 saturated heterocycles. The fourth-order valence-electron chi connectivity index (χ4n) is 1.75. The van der Waals surface area contributed by atoms with E-state index in [4.69, 9.17) is 23.2 Å². The lowest BCUT2D eigenvalue weighted by Crippen LogP contribution is -2.31. The van der Waals surface area contributed by atoms with Crippen LogP contribution in [0.5, 0.6) is 0 Å². The minimum atomic E-state index is -0.114. The van der Waals surface area contributed by atoms with Crippen molar-refractivity contribution in [3.63, 3.8) is 0 Å². The van der Waals surface area contributed by atoms with Gasteiger partial charge < -0.3 is 5.32 Å². The third-order valence-corrected chi connectivity index (χ3v) is 3.39. The van der Waals surface area contributed by atoms with Crippen LogP contribution in [0.25, 0.3) is 0 Å². The number of nitrogens with one attached hydrogen (secondary N) is 1. The quantitative estimate of drug-likeness (QED) is 0.862. The Morgan fingerprint density at radius 3 is 2.78 bits per heavy atom. The molecule has 4 nitrogen and oxygen atoms in total. The molecule has 96 valence electrons. The molecule has 0 saturated carbocycles. The van der Waals surface area contributed by atoms with Crippen LogP contribution in [0.1, 0.15) is 13.8 Å². The Kier molecular flexibility index (Phi) is 3.78. The summed E-state index contributed by atoms with van der Waals surface area (Å²) in [6.45, 7) is 4.18. The monoisotopic (exact) mass is 285 g/mol. The van der Waals surface area contributed by atoms with Gasteiger partial charge in [0.25, 0.3) is 0 Å². The molecule has 0 spiro atoms. The van der Waals surface area contributed by atoms with Gasteiger partial charge in [-0.3, -0.25) is 9.80 Å². The van der Waals surface area contributed by atoms with Gasteiger partial charge in [-0.15, -0.1) is 0 Å². The van der Waals surface area contributed by atoms with Gasteiger partial charge in [0, 0.05) is 12.8 Å². The fourth-order valence-corrected chi connectivity index (χ4v) is 2.04. The zero-order chi connectivity index (χ0) is 13.3. The van der Waals surface area contributed by atoms with Crippen LogP contribution in [0.15, 0.2) is 23.3 Å². The molecular formula is C12H13Cl2N3O. The number of hydrazone groups is 1. The Hall–Kier alpha value is -1.26. The van der Waals surface area contributed by atoms with E-state index in [1.807, 2.05) is 13.0 Å². The van der Waals surface area contributed by atoms with E-state index in [1.165, 1.54) is 6.92 Å². The molecule has 0 fully saturated rings. The third-order valence-electron chi connectivity index (χ3n) is 2.65. The summed E-state index contributed by atoms with van der Waals surface area (Å²) in [4.78, 5) is 11.0. The predicted octanol–water partition coefficient (Wildman–Crippen LogP) is 2.90. The van der Waals surface area contributed by atoms with E-state index in [-0.39, 0.29) is 11.8 Å². The lowest BCUT2D eigenvalue weighted by Gasteiger charge is -2.14. The highest BCUT2D eigenvalue weighted by molar-refractivity contribution is 6.42. The number of anilines is 1. The molecule has 0 radical (unpaired) electrons. The highest BCUT2D eigenvalue weighted by Crippen LogP contribution is 2.29. The SMILES string of the molecule is CC(=O)NC1=NN(c2ccc(Cl)c(Cl)c2)CC1C. The van der Waals surface area contributed by atoms with Crippen LogP contribution in [0.2, 0.25) is 10.0 Å². The van der Waals surface area contributed by atoms with E-state index in [2.05, 4.69) is 10.4 Å². The minimum absolute atomic E-state index is 0.114. The summed E-state index contributed by atoms with van der Waals surface area (Å²) in [6, 6.07) is 5.34. The van der Waals surface area contributed by atoms with Crippen molar-refractivity contribution in [2.24, 2.45) is 11.0 Å². The van der Waals surface area contributed by atoms with E-state index in [1.54, 1.807) is 17.1 Å². The molecule has 1 heterocycles. The summed E-state index contributed by atoms with van der Waals surface area (Å²) in [5.74, 6) is 0.730. The molecule has 0 aliphatic carbocycles. The molecule has 1 aliphatic heterocycles. The Balaban J connectivity index is 2.22. The molecule has 1 aromatic rings. The van der Waals surface area contributed by atoms with Crippen molar-refractivity contribution in [1.29, 1.82) is 0 Å². The summed E-state index contributed by atoms with van der Waals surface area (Å²) in [7, 11) is 0. The average molecular weight is 286 g/mol. The average Bonchev–Trinajstić information content (AvgIpc) is 2.63. The van der Waals surface area contributed by atoms with Gasteiger partial charge in [-0.05, 0) is 18.2 Å². The first-order chi connectivity index (χ1) is 8.47. The predicted molar refractivity (Wildman–Crippen MR) is 74.2 cm³/mol. The number of carbonyl (C=O) groups is 1. The van der Waals surface area contributed by atoms with Gasteiger partial charge in [0.1, 0.15) is 5.84 Å². The highest BCUT2D eigenvalue weighted by atomic mass is 35.5. The maximum atomic E-state index is 11.0. The van der Waals surface area contributed by atoms with E-state index in [0.717, 1.165) is 5.69 Å². The number of carbonyl (C=O) groups excluding carboxylic acids is 1. The molecule has 1 atom stereocenters. The first-order valence-electron chi connectivity index (χ1n) is 5.56. The molecule has 1 aromatic carbocycles. The maximum absolute atomic E-state index is 11.0. The van der Waals surface area contributed by atoms with Crippen molar-refractivity contribution in [2.45, 2.75) is 13.8 Å². The Morgan fingerprint density at radius 1 is 1.44 bits per heavy atom. The minimum Gasteiger partial charge on any atom is -0.313 e. The van der Waals surface area contributed by atoms with Crippen LogP contribution in [0.4, 0.5) is 5.69 Å². The second-order valence-electron chi connectivity index (χ2n) is 4.25. The maximum Gasteiger partial charge on any atom is 0.222 e. The van der Waals surface area contributed by atoms with Crippen LogP contribution in [-0.2, 0) is 4.79 Å². The van der Waals surface area contributed by atoms with Crippen LogP contribution in [0.3, 0.4) is 0 Å². The third kappa shape index (κ3) is 2.76. The molecule has 1 amide bonds. The lowest BCUT2D eigenvalue weighted by atomic mass is 10.1. The van der Waals surface area contributed by atoms with Crippen molar-refractivity contribution < 1.29 is 4.79 Å². The van der Waals surface area contributed by atoms with Gasteiger partial charge in [-0.25, -0.2) is 0 Å². The van der Waals surface area contributed by atoms with Crippen molar-refractivity contribution in [3.05, 3.63) is 28.2 Å². The summed E-state index contributed by atoms with van der Waals surface area (Å²) in [5.41, 5.74) is 0.858. The summed E-state index contributed by atoms with van der Waals surface area (Å²) in [6.07, 6.45) is 0. The van der Waals surface area contributed by atoms with Crippen LogP contribution in [-0.4, -0.2) is 18.3 Å². The smallest absolute Gasteiger partial charge is 0.222 e. The van der Waals surface area contributed by atoms with Crippen LogP contribution in [0, 0.1) is 5.92 Å². The van der Waals surface area contributed by atoms with Crippen molar-refractivity contribution >= 4 is 40.6 Å². The Morgan fingerprint density at radius 2 is 2.17 bits per heavy atom. The summed E-state index contributed by atoms with van der Waals surface area (Å²) < 4.78 is 0. The largest absolute Gasteiger partial charge is 0.313 e. The van der Waals surface area contributed by atoms with Crippen LogP contribution >= 0.6 is 23.2 Å². The number of hydrogen-bond acceptors (Lipinski definition) is 3. The number of halogens is 2. The van der Waals surface area contributed by atoms with Gasteiger partial charge in [0.05, 0.1) is 22.3 Å². The topological polar surface area (TPSA) is 44.7 Å². The highest BCUT2D eigenvalue weighted by Gasteiger charge is 2.24. The summed E-state index contributed by atoms with van der Waals surface area (Å²) >= 11 is 11.8. The van der Waals surface area contributed by atoms with E-state index in [0.29, 0.717) is 22.4 Å². The molecule has 1 N–H and O–H groups in total. The van der Waals surface area contributed by atoms with Gasteiger partial charge in [-0.1, -0.05) is 30.1 Å². The number of amidine groups is 1. The lowest BCUT2D eigenvalue weighted by molar-refractivity contribution is -0.117. The molecule has 6 heteroatoms. The normalized spacial score (nSPS) is 18.8. The molecular weight excluding hydrogens is 273 g/mol. The number of amides is 1. The van der Waals surface area contributed by atoms with Gasteiger partial charge in [0.15, 0.2) is 0 Å². The van der Waals surface area contributed by atoms with Gasteiger partial charge in [-0.2, -0.15) is 5.10 Å². The zero-order valence-corrected chi connectivity index (χ0v) is 11.6. The molecule has 0 bridgehead atoms. The fraction of sp³-hybridized carbons (Fsp3) is 0.333. The number of nitrogens with zero attached hydrogens (tertiary/aromatic N) is 2. The number of hydrogen-bond donors (Lipinski definition) is 1. The van der Waals surface area contributed by atoms with Crippen molar-refractivity contribution in [1.82, 2.24) is 5.32 Å². The van der Waals surface area contributed by atoms with Crippen LogP contribution < -0.4 is 10.3 Å². The van der Waals surface area contributed by atoms with Crippen molar-refractivity contribution in [2.75, 3.05) is 11.6 Å². The molecule has 18 heavy (non-hydrogen) atoms. The Bertz CT molecular complexity index is 516. The van der Waals surface area contributed by atoms with Gasteiger partial charge in [0.2, 0.25) is 5.91 Å². The van der Waals surface area contributed by atoms with Crippen molar-refractivity contribution in [3.8, 4) is 0 Å². The summed E-state index contributed by atoms with van der Waals surface area (Å²) in [5, 5.41) is 9.90. The molecule has 0 aromatic heterocycles.